The maximum Gasteiger partial charge on any atom is 0.306 e. The smallest absolute Gasteiger partial charge is 0.306 e. The number of carbonyl (C=O) groups is 2. The van der Waals surface area contributed by atoms with Crippen molar-refractivity contribution in [3.8, 4) is 0 Å². The molecule has 1 atom stereocenters. The molecule has 4 nitrogen and oxygen atoms in total. The number of carboxylic acid groups (broad SMARTS) is 1. The van der Waals surface area contributed by atoms with Gasteiger partial charge in [-0.05, 0) is 37.7 Å². The van der Waals surface area contributed by atoms with Gasteiger partial charge in [0.05, 0.1) is 11.8 Å². The molecule has 1 aromatic carbocycles. The van der Waals surface area contributed by atoms with Gasteiger partial charge in [-0.2, -0.15) is 0 Å². The Morgan fingerprint density at radius 2 is 1.82 bits per heavy atom. The Morgan fingerprint density at radius 3 is 2.36 bits per heavy atom. The summed E-state index contributed by atoms with van der Waals surface area (Å²) in [6.07, 6.45) is 4.62. The molecule has 1 unspecified atom stereocenters. The first-order valence-electron chi connectivity index (χ1n) is 8.20. The molecule has 1 amide bonds. The average Bonchev–Trinajstić information content (AvgIpc) is 2.53. The molecule has 0 saturated heterocycles. The zero-order chi connectivity index (χ0) is 15.9. The van der Waals surface area contributed by atoms with Gasteiger partial charge in [0.25, 0.3) is 0 Å². The van der Waals surface area contributed by atoms with Crippen LogP contribution < -0.4 is 5.32 Å². The molecule has 0 radical (unpaired) electrons. The van der Waals surface area contributed by atoms with Crippen molar-refractivity contribution in [2.75, 3.05) is 0 Å². The molecule has 1 aliphatic carbocycles. The highest BCUT2D eigenvalue weighted by Gasteiger charge is 2.28. The predicted octanol–water partition coefficient (Wildman–Crippen LogP) is 3.33. The number of carbonyl (C=O) groups excluding carboxylic acids is 1. The summed E-state index contributed by atoms with van der Waals surface area (Å²) in [6.45, 7) is 2.08. The van der Waals surface area contributed by atoms with Crippen LogP contribution in [0, 0.1) is 5.92 Å². The van der Waals surface area contributed by atoms with Gasteiger partial charge >= 0.3 is 5.97 Å². The second-order valence-electron chi connectivity index (χ2n) is 6.15. The van der Waals surface area contributed by atoms with E-state index in [0.29, 0.717) is 12.8 Å². The van der Waals surface area contributed by atoms with Crippen LogP contribution in [-0.4, -0.2) is 23.0 Å². The maximum absolute atomic E-state index is 12.6. The molecule has 1 saturated carbocycles. The Labute approximate surface area is 131 Å². The highest BCUT2D eigenvalue weighted by Crippen LogP contribution is 2.26. The molecule has 1 aliphatic rings. The zero-order valence-electron chi connectivity index (χ0n) is 13.1. The SMILES string of the molecule is CCCC(C(=O)NC1CCC(C(=O)O)CC1)c1ccccc1. The standard InChI is InChI=1S/C18H25NO3/c1-2-6-16(13-7-4-3-5-8-13)17(20)19-15-11-9-14(10-12-15)18(21)22/h3-5,7-8,14-16H,2,6,9-12H2,1H3,(H,19,20)(H,21,22). The van der Waals surface area contributed by atoms with E-state index in [1.54, 1.807) is 0 Å². The minimum Gasteiger partial charge on any atom is -0.481 e. The van der Waals surface area contributed by atoms with Crippen LogP contribution in [0.25, 0.3) is 0 Å². The Morgan fingerprint density at radius 1 is 1.18 bits per heavy atom. The van der Waals surface area contributed by atoms with Gasteiger partial charge in [-0.3, -0.25) is 9.59 Å². The average molecular weight is 303 g/mol. The number of nitrogens with one attached hydrogen (secondary N) is 1. The molecule has 0 aliphatic heterocycles. The molecule has 0 heterocycles. The zero-order valence-corrected chi connectivity index (χ0v) is 13.1. The largest absolute Gasteiger partial charge is 0.481 e. The molecule has 0 spiro atoms. The first-order valence-corrected chi connectivity index (χ1v) is 8.20. The summed E-state index contributed by atoms with van der Waals surface area (Å²) >= 11 is 0. The summed E-state index contributed by atoms with van der Waals surface area (Å²) in [5, 5.41) is 12.2. The van der Waals surface area contributed by atoms with Gasteiger partial charge in [0.2, 0.25) is 5.91 Å². The fourth-order valence-corrected chi connectivity index (χ4v) is 3.21. The molecule has 0 bridgehead atoms. The van der Waals surface area contributed by atoms with Gasteiger partial charge in [-0.15, -0.1) is 0 Å². The Balaban J connectivity index is 1.93. The molecule has 4 heteroatoms. The van der Waals surface area contributed by atoms with E-state index in [1.807, 2.05) is 30.3 Å². The summed E-state index contributed by atoms with van der Waals surface area (Å²) in [4.78, 5) is 23.6. The predicted molar refractivity (Wildman–Crippen MR) is 85.6 cm³/mol. The van der Waals surface area contributed by atoms with E-state index in [9.17, 15) is 9.59 Å². The van der Waals surface area contributed by atoms with Crippen LogP contribution >= 0.6 is 0 Å². The van der Waals surface area contributed by atoms with Gasteiger partial charge in [0.15, 0.2) is 0 Å². The van der Waals surface area contributed by atoms with Crippen molar-refractivity contribution in [1.82, 2.24) is 5.32 Å². The lowest BCUT2D eigenvalue weighted by Crippen LogP contribution is -2.41. The van der Waals surface area contributed by atoms with Crippen LogP contribution in [0.4, 0.5) is 0 Å². The van der Waals surface area contributed by atoms with Crippen LogP contribution in [-0.2, 0) is 9.59 Å². The van der Waals surface area contributed by atoms with E-state index in [2.05, 4.69) is 12.2 Å². The first-order chi connectivity index (χ1) is 10.6. The van der Waals surface area contributed by atoms with Crippen LogP contribution in [0.5, 0.6) is 0 Å². The molecule has 2 rings (SSSR count). The fourth-order valence-electron chi connectivity index (χ4n) is 3.21. The molecule has 0 aromatic heterocycles. The van der Waals surface area contributed by atoms with Crippen molar-refractivity contribution >= 4 is 11.9 Å². The lowest BCUT2D eigenvalue weighted by atomic mass is 9.85. The number of aliphatic carboxylic acids is 1. The van der Waals surface area contributed by atoms with Crippen molar-refractivity contribution in [2.45, 2.75) is 57.4 Å². The minimum absolute atomic E-state index is 0.0758. The van der Waals surface area contributed by atoms with Crippen LogP contribution in [0.3, 0.4) is 0 Å². The summed E-state index contributed by atoms with van der Waals surface area (Å²) in [7, 11) is 0. The highest BCUT2D eigenvalue weighted by atomic mass is 16.4. The van der Waals surface area contributed by atoms with Gasteiger partial charge in [-0.1, -0.05) is 43.7 Å². The number of benzene rings is 1. The van der Waals surface area contributed by atoms with E-state index in [1.165, 1.54) is 0 Å². The number of amides is 1. The third-order valence-electron chi connectivity index (χ3n) is 4.52. The molecule has 2 N–H and O–H groups in total. The van der Waals surface area contributed by atoms with E-state index in [0.717, 1.165) is 31.2 Å². The second kappa shape index (κ2) is 7.97. The van der Waals surface area contributed by atoms with Gasteiger partial charge in [0.1, 0.15) is 0 Å². The van der Waals surface area contributed by atoms with Crippen molar-refractivity contribution in [3.05, 3.63) is 35.9 Å². The van der Waals surface area contributed by atoms with Crippen LogP contribution in [0.2, 0.25) is 0 Å². The van der Waals surface area contributed by atoms with Crippen molar-refractivity contribution in [3.63, 3.8) is 0 Å². The quantitative estimate of drug-likeness (QED) is 0.847. The highest BCUT2D eigenvalue weighted by molar-refractivity contribution is 5.83. The molecule has 120 valence electrons. The Hall–Kier alpha value is -1.84. The maximum atomic E-state index is 12.6. The summed E-state index contributed by atoms with van der Waals surface area (Å²) in [6, 6.07) is 10.00. The van der Waals surface area contributed by atoms with E-state index in [-0.39, 0.29) is 23.8 Å². The van der Waals surface area contributed by atoms with Crippen molar-refractivity contribution < 1.29 is 14.7 Å². The van der Waals surface area contributed by atoms with Crippen LogP contribution in [0.15, 0.2) is 30.3 Å². The molecular formula is C18H25NO3. The van der Waals surface area contributed by atoms with E-state index < -0.39 is 5.97 Å². The summed E-state index contributed by atoms with van der Waals surface area (Å²) < 4.78 is 0. The van der Waals surface area contributed by atoms with E-state index in [4.69, 9.17) is 5.11 Å². The third kappa shape index (κ3) is 4.33. The number of hydrogen-bond acceptors (Lipinski definition) is 2. The normalized spacial score (nSPS) is 22.8. The van der Waals surface area contributed by atoms with Gasteiger partial charge < -0.3 is 10.4 Å². The van der Waals surface area contributed by atoms with Crippen LogP contribution in [0.1, 0.15) is 56.9 Å². The monoisotopic (exact) mass is 303 g/mol. The lowest BCUT2D eigenvalue weighted by Gasteiger charge is -2.28. The number of hydrogen-bond donors (Lipinski definition) is 2. The second-order valence-corrected chi connectivity index (χ2v) is 6.15. The van der Waals surface area contributed by atoms with Gasteiger partial charge in [-0.25, -0.2) is 0 Å². The number of rotatable bonds is 6. The van der Waals surface area contributed by atoms with Crippen molar-refractivity contribution in [2.24, 2.45) is 5.92 Å². The minimum atomic E-state index is -0.710. The fraction of sp³-hybridized carbons (Fsp3) is 0.556. The van der Waals surface area contributed by atoms with Crippen molar-refractivity contribution in [1.29, 1.82) is 0 Å². The Bertz CT molecular complexity index is 492. The topological polar surface area (TPSA) is 66.4 Å². The van der Waals surface area contributed by atoms with E-state index >= 15 is 0 Å². The lowest BCUT2D eigenvalue weighted by molar-refractivity contribution is -0.142. The molecule has 1 aromatic rings. The molecular weight excluding hydrogens is 278 g/mol. The van der Waals surface area contributed by atoms with Gasteiger partial charge in [0, 0.05) is 6.04 Å². The number of carboxylic acids is 1. The third-order valence-corrected chi connectivity index (χ3v) is 4.52. The first kappa shape index (κ1) is 16.5. The molecule has 22 heavy (non-hydrogen) atoms. The Kier molecular flexibility index (Phi) is 5.99. The summed E-state index contributed by atoms with van der Waals surface area (Å²) in [5.41, 5.74) is 1.06. The summed E-state index contributed by atoms with van der Waals surface area (Å²) in [5.74, 6) is -0.984. The molecule has 1 fully saturated rings.